The highest BCUT2D eigenvalue weighted by atomic mass is 35.5. The number of likely N-dealkylation sites (tertiary alicyclic amines) is 1. The summed E-state index contributed by atoms with van der Waals surface area (Å²) in [6, 6.07) is 7.56. The van der Waals surface area contributed by atoms with E-state index >= 15 is 0 Å². The number of nitrogens with one attached hydrogen (secondary N) is 3. The maximum atomic E-state index is 13.6. The highest BCUT2D eigenvalue weighted by Gasteiger charge is 2.24. The minimum absolute atomic E-state index is 0.00467. The van der Waals surface area contributed by atoms with E-state index in [4.69, 9.17) is 11.6 Å². The molecule has 0 spiro atoms. The van der Waals surface area contributed by atoms with Crippen LogP contribution in [0.5, 0.6) is 5.75 Å². The van der Waals surface area contributed by atoms with E-state index in [-0.39, 0.29) is 24.7 Å². The number of fused-ring (bicyclic) bond motifs is 1. The first kappa shape index (κ1) is 29.8. The molecule has 1 saturated heterocycles. The Morgan fingerprint density at radius 1 is 1.12 bits per heavy atom. The number of amides is 2. The third-order valence-electron chi connectivity index (χ3n) is 6.81. The maximum Gasteiger partial charge on any atom is 0.317 e. The molecule has 4 aromatic rings. The molecule has 0 unspecified atom stereocenters. The molecule has 3 heterocycles. The van der Waals surface area contributed by atoms with Crippen LogP contribution in [0.15, 0.2) is 54.9 Å². The molecule has 3 N–H and O–H groups in total. The van der Waals surface area contributed by atoms with Gasteiger partial charge in [0.15, 0.2) is 29.8 Å². The smallest absolute Gasteiger partial charge is 0.317 e. The number of ether oxygens (including phenoxy) is 1. The van der Waals surface area contributed by atoms with Crippen molar-refractivity contribution >= 4 is 40.3 Å². The number of nitrogens with zero attached hydrogens (tertiary/aromatic N) is 3. The number of aromatic nitrogens is 3. The van der Waals surface area contributed by atoms with Crippen molar-refractivity contribution in [3.05, 3.63) is 83.2 Å². The fraction of sp³-hybridized carbons (Fsp3) is 0.241. The van der Waals surface area contributed by atoms with E-state index in [0.717, 1.165) is 22.5 Å². The summed E-state index contributed by atoms with van der Waals surface area (Å²) in [4.78, 5) is 38.2. The van der Waals surface area contributed by atoms with Gasteiger partial charge in [-0.25, -0.2) is 23.5 Å². The largest absolute Gasteiger partial charge is 0.479 e. The second kappa shape index (κ2) is 13.1. The minimum Gasteiger partial charge on any atom is -0.479 e. The number of urea groups is 1. The SMILES string of the molecule is O=C(/C=C/CNC(=O)N1CCC(Nc2ncc(Cl)c(-c3c[nH]c4ccccc34)n2)CC1)COc1c(F)c(F)cc(F)c1F. The summed E-state index contributed by atoms with van der Waals surface area (Å²) >= 11 is 6.42. The van der Waals surface area contributed by atoms with Crippen molar-refractivity contribution in [3.8, 4) is 17.0 Å². The quantitative estimate of drug-likeness (QED) is 0.128. The van der Waals surface area contributed by atoms with Gasteiger partial charge in [0.25, 0.3) is 0 Å². The standard InChI is InChI=1S/C29H25ClF4N6O3/c30-20-14-37-28(39-26(20)19-13-36-23-6-2-1-5-18(19)23)38-16-7-10-40(11-8-16)29(42)35-9-3-4-17(41)15-43-27-24(33)21(31)12-22(32)25(27)34/h1-6,12-14,16,36H,7-11,15H2,(H,35,42)(H,37,38,39)/b4-3+. The van der Waals surface area contributed by atoms with Crippen LogP contribution in [-0.2, 0) is 4.79 Å². The number of benzene rings is 2. The molecule has 1 aliphatic heterocycles. The number of piperidine rings is 1. The van der Waals surface area contributed by atoms with Gasteiger partial charge in [-0.1, -0.05) is 35.9 Å². The number of hydrogen-bond acceptors (Lipinski definition) is 6. The zero-order chi connectivity index (χ0) is 30.5. The fourth-order valence-corrected chi connectivity index (χ4v) is 4.81. The number of halogens is 5. The molecule has 2 aromatic carbocycles. The lowest BCUT2D eigenvalue weighted by atomic mass is 10.1. The van der Waals surface area contributed by atoms with Gasteiger partial charge < -0.3 is 25.3 Å². The van der Waals surface area contributed by atoms with Gasteiger partial charge in [0.1, 0.15) is 0 Å². The van der Waals surface area contributed by atoms with Gasteiger partial charge >= 0.3 is 6.03 Å². The number of carbonyl (C=O) groups is 2. The Labute approximate surface area is 247 Å². The second-order valence-electron chi connectivity index (χ2n) is 9.68. The third-order valence-corrected chi connectivity index (χ3v) is 7.09. The lowest BCUT2D eigenvalue weighted by Crippen LogP contribution is -2.47. The van der Waals surface area contributed by atoms with E-state index in [2.05, 4.69) is 30.3 Å². The van der Waals surface area contributed by atoms with Crippen molar-refractivity contribution in [1.82, 2.24) is 25.2 Å². The number of H-pyrrole nitrogens is 1. The van der Waals surface area contributed by atoms with Crippen LogP contribution < -0.4 is 15.4 Å². The monoisotopic (exact) mass is 616 g/mol. The summed E-state index contributed by atoms with van der Waals surface area (Å²) < 4.78 is 58.3. The molecule has 5 rings (SSSR count). The number of para-hydroxylation sites is 1. The molecule has 43 heavy (non-hydrogen) atoms. The molecule has 1 fully saturated rings. The average molecular weight is 617 g/mol. The lowest BCUT2D eigenvalue weighted by molar-refractivity contribution is -0.116. The Balaban J connectivity index is 1.07. The van der Waals surface area contributed by atoms with Crippen molar-refractivity contribution in [2.45, 2.75) is 18.9 Å². The van der Waals surface area contributed by atoms with Crippen LogP contribution in [0.1, 0.15) is 12.8 Å². The Hall–Kier alpha value is -4.65. The summed E-state index contributed by atoms with van der Waals surface area (Å²) in [5.41, 5.74) is 2.44. The van der Waals surface area contributed by atoms with Crippen molar-refractivity contribution in [3.63, 3.8) is 0 Å². The number of rotatable bonds is 9. The van der Waals surface area contributed by atoms with E-state index in [0.29, 0.717) is 42.6 Å². The Kier molecular flexibility index (Phi) is 9.10. The number of anilines is 1. The number of ketones is 1. The Morgan fingerprint density at radius 2 is 1.84 bits per heavy atom. The first-order valence-electron chi connectivity index (χ1n) is 13.2. The van der Waals surface area contributed by atoms with Crippen LogP contribution in [0.4, 0.5) is 28.3 Å². The van der Waals surface area contributed by atoms with Gasteiger partial charge in [0.05, 0.1) is 16.9 Å². The molecule has 0 aliphatic carbocycles. The Morgan fingerprint density at radius 3 is 2.58 bits per heavy atom. The second-order valence-corrected chi connectivity index (χ2v) is 10.1. The molecule has 0 radical (unpaired) electrons. The highest BCUT2D eigenvalue weighted by Crippen LogP contribution is 2.32. The van der Waals surface area contributed by atoms with E-state index in [1.165, 1.54) is 6.08 Å². The predicted octanol–water partition coefficient (Wildman–Crippen LogP) is 5.62. The normalized spacial score (nSPS) is 13.9. The highest BCUT2D eigenvalue weighted by molar-refractivity contribution is 6.33. The van der Waals surface area contributed by atoms with Crippen LogP contribution in [0.3, 0.4) is 0 Å². The van der Waals surface area contributed by atoms with E-state index in [9.17, 15) is 27.2 Å². The maximum absolute atomic E-state index is 13.6. The summed E-state index contributed by atoms with van der Waals surface area (Å²) in [5, 5.41) is 7.39. The molecule has 224 valence electrons. The van der Waals surface area contributed by atoms with Crippen LogP contribution in [0, 0.1) is 23.3 Å². The molecule has 0 atom stereocenters. The summed E-state index contributed by atoms with van der Waals surface area (Å²) in [5.74, 6) is -8.39. The zero-order valence-electron chi connectivity index (χ0n) is 22.5. The lowest BCUT2D eigenvalue weighted by Gasteiger charge is -2.32. The molecular weight excluding hydrogens is 592 g/mol. The third kappa shape index (κ3) is 6.88. The van der Waals surface area contributed by atoms with Crippen LogP contribution >= 0.6 is 11.6 Å². The van der Waals surface area contributed by atoms with Gasteiger partial charge in [-0.05, 0) is 25.0 Å². The number of hydrogen-bond donors (Lipinski definition) is 3. The molecule has 2 amide bonds. The van der Waals surface area contributed by atoms with E-state index in [1.807, 2.05) is 30.5 Å². The summed E-state index contributed by atoms with van der Waals surface area (Å²) in [7, 11) is 0. The van der Waals surface area contributed by atoms with Crippen molar-refractivity contribution in [2.24, 2.45) is 0 Å². The molecular formula is C29H25ClF4N6O3. The van der Waals surface area contributed by atoms with Gasteiger partial charge in [-0.15, -0.1) is 0 Å². The van der Waals surface area contributed by atoms with Crippen molar-refractivity contribution in [1.29, 1.82) is 0 Å². The van der Waals surface area contributed by atoms with Gasteiger partial charge in [-0.3, -0.25) is 4.79 Å². The van der Waals surface area contributed by atoms with Gasteiger partial charge in [0, 0.05) is 54.4 Å². The van der Waals surface area contributed by atoms with Crippen LogP contribution in [-0.4, -0.2) is 63.9 Å². The van der Waals surface area contributed by atoms with E-state index in [1.54, 1.807) is 11.1 Å². The first-order chi connectivity index (χ1) is 20.7. The van der Waals surface area contributed by atoms with Gasteiger partial charge in [0.2, 0.25) is 17.6 Å². The van der Waals surface area contributed by atoms with Crippen molar-refractivity contribution in [2.75, 3.05) is 31.6 Å². The van der Waals surface area contributed by atoms with Crippen LogP contribution in [0.2, 0.25) is 5.02 Å². The van der Waals surface area contributed by atoms with Crippen molar-refractivity contribution < 1.29 is 31.9 Å². The molecule has 14 heteroatoms. The Bertz CT molecular complexity index is 1660. The summed E-state index contributed by atoms with van der Waals surface area (Å²) in [6.45, 7) is 0.0615. The molecule has 0 saturated carbocycles. The topological polar surface area (TPSA) is 112 Å². The molecule has 1 aliphatic rings. The number of aromatic amines is 1. The minimum atomic E-state index is -1.74. The fourth-order valence-electron chi connectivity index (χ4n) is 4.62. The van der Waals surface area contributed by atoms with Crippen LogP contribution in [0.25, 0.3) is 22.2 Å². The number of carbonyl (C=O) groups excluding carboxylic acids is 2. The van der Waals surface area contributed by atoms with Gasteiger partial charge in [-0.2, -0.15) is 8.78 Å². The zero-order valence-corrected chi connectivity index (χ0v) is 23.2. The molecule has 0 bridgehead atoms. The first-order valence-corrected chi connectivity index (χ1v) is 13.6. The van der Waals surface area contributed by atoms with E-state index < -0.39 is 41.4 Å². The predicted molar refractivity (Wildman–Crippen MR) is 152 cm³/mol. The molecule has 9 nitrogen and oxygen atoms in total. The summed E-state index contributed by atoms with van der Waals surface area (Å²) in [6.07, 6.45) is 7.04. The molecule has 2 aromatic heterocycles. The average Bonchev–Trinajstić information content (AvgIpc) is 3.43.